The highest BCUT2D eigenvalue weighted by Crippen LogP contribution is 2.30. The number of aromatic nitrogens is 1. The van der Waals surface area contributed by atoms with Crippen molar-refractivity contribution in [2.24, 2.45) is 0 Å². The summed E-state index contributed by atoms with van der Waals surface area (Å²) in [5.41, 5.74) is 1.42. The molecule has 0 aromatic carbocycles. The van der Waals surface area contributed by atoms with E-state index in [9.17, 15) is 4.79 Å². The number of hydrogen-bond donors (Lipinski definition) is 1. The Labute approximate surface area is 103 Å². The Morgan fingerprint density at radius 3 is 2.88 bits per heavy atom. The van der Waals surface area contributed by atoms with Gasteiger partial charge in [-0.3, -0.25) is 9.78 Å². The molecule has 2 heterocycles. The topological polar surface area (TPSA) is 50.2 Å². The second kappa shape index (κ2) is 5.82. The van der Waals surface area contributed by atoms with E-state index in [1.54, 1.807) is 17.6 Å². The van der Waals surface area contributed by atoms with Gasteiger partial charge in [0.25, 0.3) is 0 Å². The second-order valence-corrected chi connectivity index (χ2v) is 4.09. The van der Waals surface area contributed by atoms with Gasteiger partial charge in [0.15, 0.2) is 0 Å². The third-order valence-corrected chi connectivity index (χ3v) is 3.30. The average Bonchev–Trinajstić information content (AvgIpc) is 2.65. The number of hydrogen-bond acceptors (Lipinski definition) is 3. The van der Waals surface area contributed by atoms with Crippen LogP contribution >= 0.6 is 22.9 Å². The number of rotatable bonds is 2. The molecule has 0 bridgehead atoms. The lowest BCUT2D eigenvalue weighted by Gasteiger charge is -1.94. The van der Waals surface area contributed by atoms with Crippen LogP contribution in [0.15, 0.2) is 17.6 Å². The molecule has 0 atom stereocenters. The summed E-state index contributed by atoms with van der Waals surface area (Å²) in [5.74, 6) is -0.855. The van der Waals surface area contributed by atoms with E-state index in [0.29, 0.717) is 10.5 Å². The van der Waals surface area contributed by atoms with Crippen molar-refractivity contribution in [2.75, 3.05) is 0 Å². The highest BCUT2D eigenvalue weighted by Gasteiger charge is 2.10. The number of carboxylic acids is 1. The van der Waals surface area contributed by atoms with Crippen LogP contribution in [0.25, 0.3) is 10.2 Å². The van der Waals surface area contributed by atoms with Crippen molar-refractivity contribution < 1.29 is 9.90 Å². The van der Waals surface area contributed by atoms with Gasteiger partial charge in [-0.25, -0.2) is 0 Å². The third-order valence-electron chi connectivity index (χ3n) is 1.82. The Morgan fingerprint density at radius 1 is 1.56 bits per heavy atom. The van der Waals surface area contributed by atoms with E-state index < -0.39 is 5.97 Å². The summed E-state index contributed by atoms with van der Waals surface area (Å²) in [6.07, 6.45) is 1.58. The van der Waals surface area contributed by atoms with E-state index in [2.05, 4.69) is 4.98 Å². The first kappa shape index (κ1) is 12.9. The number of nitrogens with zero attached hydrogens (tertiary/aromatic N) is 1. The Morgan fingerprint density at radius 2 is 2.25 bits per heavy atom. The van der Waals surface area contributed by atoms with Gasteiger partial charge in [0.05, 0.1) is 21.7 Å². The lowest BCUT2D eigenvalue weighted by molar-refractivity contribution is -0.136. The molecule has 0 aliphatic carbocycles. The maximum atomic E-state index is 10.5. The summed E-state index contributed by atoms with van der Waals surface area (Å²) < 4.78 is 0.852. The molecular formula is C11H12ClNO2S. The molecule has 5 heteroatoms. The standard InChI is InChI=1S/C9H6ClNO2S.C2H6/c10-6-1-2-11-8-5(3-7(12)13)4-14-9(6)8;1-2/h1-2,4H,3H2,(H,12,13);1-2H3. The van der Waals surface area contributed by atoms with Crippen molar-refractivity contribution in [3.05, 3.63) is 28.2 Å². The normalized spacial score (nSPS) is 9.69. The fourth-order valence-corrected chi connectivity index (χ4v) is 2.45. The first-order chi connectivity index (χ1) is 7.68. The van der Waals surface area contributed by atoms with Gasteiger partial charge in [-0.15, -0.1) is 11.3 Å². The highest BCUT2D eigenvalue weighted by molar-refractivity contribution is 7.18. The minimum absolute atomic E-state index is 0.00660. The van der Waals surface area contributed by atoms with Crippen LogP contribution in [0, 0.1) is 0 Å². The van der Waals surface area contributed by atoms with E-state index in [1.165, 1.54) is 11.3 Å². The zero-order chi connectivity index (χ0) is 12.1. The summed E-state index contributed by atoms with van der Waals surface area (Å²) >= 11 is 7.35. The molecule has 3 nitrogen and oxygen atoms in total. The molecule has 0 aliphatic heterocycles. The van der Waals surface area contributed by atoms with Crippen molar-refractivity contribution in [3.63, 3.8) is 0 Å². The van der Waals surface area contributed by atoms with Gasteiger partial charge in [0.1, 0.15) is 0 Å². The van der Waals surface area contributed by atoms with E-state index in [4.69, 9.17) is 16.7 Å². The Hall–Kier alpha value is -1.13. The summed E-state index contributed by atoms with van der Waals surface area (Å²) in [6.45, 7) is 4.00. The smallest absolute Gasteiger partial charge is 0.307 e. The highest BCUT2D eigenvalue weighted by atomic mass is 35.5. The number of thiophene rings is 1. The Bertz CT molecular complexity index is 496. The van der Waals surface area contributed by atoms with Crippen LogP contribution in [0.4, 0.5) is 0 Å². The van der Waals surface area contributed by atoms with Crippen molar-refractivity contribution in [3.8, 4) is 0 Å². The molecule has 2 rings (SSSR count). The number of halogens is 1. The zero-order valence-corrected chi connectivity index (χ0v) is 10.6. The van der Waals surface area contributed by atoms with E-state index >= 15 is 0 Å². The van der Waals surface area contributed by atoms with Crippen LogP contribution < -0.4 is 0 Å². The van der Waals surface area contributed by atoms with E-state index in [0.717, 1.165) is 10.3 Å². The molecule has 0 amide bonds. The molecule has 86 valence electrons. The zero-order valence-electron chi connectivity index (χ0n) is 9.03. The third kappa shape index (κ3) is 2.71. The molecular weight excluding hydrogens is 246 g/mol. The molecule has 0 unspecified atom stereocenters. The van der Waals surface area contributed by atoms with Gasteiger partial charge in [0, 0.05) is 11.8 Å². The SMILES string of the molecule is CC.O=C(O)Cc1csc2c(Cl)ccnc12. The maximum absolute atomic E-state index is 10.5. The summed E-state index contributed by atoms with van der Waals surface area (Å²) in [6, 6.07) is 1.70. The van der Waals surface area contributed by atoms with Crippen molar-refractivity contribution in [2.45, 2.75) is 20.3 Å². The number of pyridine rings is 1. The minimum atomic E-state index is -0.855. The summed E-state index contributed by atoms with van der Waals surface area (Å²) in [7, 11) is 0. The van der Waals surface area contributed by atoms with Gasteiger partial charge in [-0.05, 0) is 11.4 Å². The van der Waals surface area contributed by atoms with Gasteiger partial charge in [-0.1, -0.05) is 25.4 Å². The predicted molar refractivity (Wildman–Crippen MR) is 67.3 cm³/mol. The largest absolute Gasteiger partial charge is 0.481 e. The van der Waals surface area contributed by atoms with Crippen LogP contribution in [0.1, 0.15) is 19.4 Å². The summed E-state index contributed by atoms with van der Waals surface area (Å²) in [4.78, 5) is 14.7. The van der Waals surface area contributed by atoms with Gasteiger partial charge < -0.3 is 5.11 Å². The van der Waals surface area contributed by atoms with Crippen LogP contribution in [0.2, 0.25) is 5.02 Å². The van der Waals surface area contributed by atoms with Crippen LogP contribution in [-0.2, 0) is 11.2 Å². The lowest BCUT2D eigenvalue weighted by Crippen LogP contribution is -1.99. The van der Waals surface area contributed by atoms with Crippen LogP contribution in [0.3, 0.4) is 0 Å². The monoisotopic (exact) mass is 257 g/mol. The number of carboxylic acid groups (broad SMARTS) is 1. The molecule has 0 aliphatic rings. The predicted octanol–water partition coefficient (Wildman–Crippen LogP) is 3.60. The van der Waals surface area contributed by atoms with Crippen molar-refractivity contribution in [1.82, 2.24) is 4.98 Å². The van der Waals surface area contributed by atoms with Gasteiger partial charge >= 0.3 is 5.97 Å². The molecule has 2 aromatic rings. The number of carbonyl (C=O) groups is 1. The number of fused-ring (bicyclic) bond motifs is 1. The van der Waals surface area contributed by atoms with Gasteiger partial charge in [-0.2, -0.15) is 0 Å². The fraction of sp³-hybridized carbons (Fsp3) is 0.273. The minimum Gasteiger partial charge on any atom is -0.481 e. The first-order valence-corrected chi connectivity index (χ1v) is 6.16. The fourth-order valence-electron chi connectivity index (χ4n) is 1.24. The molecule has 0 fully saturated rings. The maximum Gasteiger partial charge on any atom is 0.307 e. The first-order valence-electron chi connectivity index (χ1n) is 4.91. The average molecular weight is 258 g/mol. The Balaban J connectivity index is 0.000000606. The van der Waals surface area contributed by atoms with Crippen molar-refractivity contribution >= 4 is 39.1 Å². The van der Waals surface area contributed by atoms with Gasteiger partial charge in [0.2, 0.25) is 0 Å². The molecule has 0 radical (unpaired) electrons. The Kier molecular flexibility index (Phi) is 4.71. The molecule has 0 saturated heterocycles. The molecule has 16 heavy (non-hydrogen) atoms. The number of aliphatic carboxylic acids is 1. The molecule has 0 saturated carbocycles. The van der Waals surface area contributed by atoms with E-state index in [-0.39, 0.29) is 6.42 Å². The molecule has 2 aromatic heterocycles. The summed E-state index contributed by atoms with van der Waals surface area (Å²) in [5, 5.41) is 11.1. The molecule has 0 spiro atoms. The molecule has 1 N–H and O–H groups in total. The van der Waals surface area contributed by atoms with Crippen LogP contribution in [-0.4, -0.2) is 16.1 Å². The van der Waals surface area contributed by atoms with E-state index in [1.807, 2.05) is 13.8 Å². The van der Waals surface area contributed by atoms with Crippen molar-refractivity contribution in [1.29, 1.82) is 0 Å². The second-order valence-electron chi connectivity index (χ2n) is 2.80. The van der Waals surface area contributed by atoms with Crippen LogP contribution in [0.5, 0.6) is 0 Å². The quantitative estimate of drug-likeness (QED) is 0.894. The lowest BCUT2D eigenvalue weighted by atomic mass is 10.2.